The first-order valence-electron chi connectivity index (χ1n) is 6.50. The first kappa shape index (κ1) is 17.1. The van der Waals surface area contributed by atoms with Crippen molar-refractivity contribution in [3.05, 3.63) is 36.5 Å². The summed E-state index contributed by atoms with van der Waals surface area (Å²) in [6, 6.07) is 0. The zero-order chi connectivity index (χ0) is 13.7. The van der Waals surface area contributed by atoms with Crippen LogP contribution in [0.1, 0.15) is 34.1 Å². The molecular weight excluding hydrogens is 228 g/mol. The highest BCUT2D eigenvalue weighted by atomic mass is 16.9. The molecule has 0 amide bonds. The van der Waals surface area contributed by atoms with Crippen molar-refractivity contribution >= 4 is 0 Å². The van der Waals surface area contributed by atoms with E-state index in [1.807, 2.05) is 64.2 Å². The van der Waals surface area contributed by atoms with Crippen molar-refractivity contribution in [3.8, 4) is 0 Å². The van der Waals surface area contributed by atoms with Gasteiger partial charge in [-0.3, -0.25) is 0 Å². The van der Waals surface area contributed by atoms with Gasteiger partial charge in [-0.1, -0.05) is 43.4 Å². The minimum absolute atomic E-state index is 0.482. The van der Waals surface area contributed by atoms with E-state index < -0.39 is 5.97 Å². The molecule has 0 heterocycles. The molecule has 0 rings (SSSR count). The molecule has 0 aliphatic rings. The Morgan fingerprint density at radius 3 is 1.28 bits per heavy atom. The zero-order valence-electron chi connectivity index (χ0n) is 12.0. The van der Waals surface area contributed by atoms with Gasteiger partial charge in [-0.05, 0) is 20.8 Å². The fourth-order valence-corrected chi connectivity index (χ4v) is 1.25. The Morgan fingerprint density at radius 2 is 1.06 bits per heavy atom. The minimum atomic E-state index is -0.960. The van der Waals surface area contributed by atoms with Gasteiger partial charge in [0.05, 0.1) is 19.8 Å². The van der Waals surface area contributed by atoms with Gasteiger partial charge >= 0.3 is 0 Å². The van der Waals surface area contributed by atoms with Crippen molar-refractivity contribution in [2.45, 2.75) is 40.1 Å². The van der Waals surface area contributed by atoms with E-state index in [4.69, 9.17) is 14.2 Å². The average Bonchev–Trinajstić information content (AvgIpc) is 2.39. The molecule has 0 radical (unpaired) electrons. The number of rotatable bonds is 10. The summed E-state index contributed by atoms with van der Waals surface area (Å²) < 4.78 is 17.1. The van der Waals surface area contributed by atoms with Crippen molar-refractivity contribution in [2.75, 3.05) is 19.8 Å². The van der Waals surface area contributed by atoms with E-state index >= 15 is 0 Å². The Kier molecular flexibility index (Phi) is 10.6. The molecular formula is C15H26O3. The third kappa shape index (κ3) is 7.43. The fourth-order valence-electron chi connectivity index (χ4n) is 1.25. The summed E-state index contributed by atoms with van der Waals surface area (Å²) in [4.78, 5) is 0. The Balaban J connectivity index is 4.47. The molecule has 0 aromatic heterocycles. The average molecular weight is 254 g/mol. The number of allylic oxidation sites excluding steroid dienone is 3. The first-order valence-corrected chi connectivity index (χ1v) is 6.50. The van der Waals surface area contributed by atoms with Gasteiger partial charge < -0.3 is 14.2 Å². The lowest BCUT2D eigenvalue weighted by Crippen LogP contribution is -2.39. The molecule has 0 saturated carbocycles. The minimum Gasteiger partial charge on any atom is -0.323 e. The summed E-state index contributed by atoms with van der Waals surface area (Å²) in [5, 5.41) is 0. The van der Waals surface area contributed by atoms with E-state index in [0.29, 0.717) is 26.2 Å². The van der Waals surface area contributed by atoms with Gasteiger partial charge in [-0.15, -0.1) is 0 Å². The van der Waals surface area contributed by atoms with Gasteiger partial charge in [0, 0.05) is 6.42 Å². The van der Waals surface area contributed by atoms with Gasteiger partial charge in [0.25, 0.3) is 5.97 Å². The highest BCUT2D eigenvalue weighted by Gasteiger charge is 2.30. The smallest absolute Gasteiger partial charge is 0.283 e. The van der Waals surface area contributed by atoms with E-state index in [-0.39, 0.29) is 0 Å². The third-order valence-electron chi connectivity index (χ3n) is 2.34. The molecule has 0 bridgehead atoms. The second-order valence-corrected chi connectivity index (χ2v) is 3.68. The van der Waals surface area contributed by atoms with Gasteiger partial charge in [0.2, 0.25) is 0 Å². The lowest BCUT2D eigenvalue weighted by Gasteiger charge is -2.31. The van der Waals surface area contributed by atoms with Crippen LogP contribution in [0.3, 0.4) is 0 Å². The van der Waals surface area contributed by atoms with Crippen LogP contribution in [-0.4, -0.2) is 25.8 Å². The molecule has 104 valence electrons. The second-order valence-electron chi connectivity index (χ2n) is 3.68. The molecule has 3 nitrogen and oxygen atoms in total. The lowest BCUT2D eigenvalue weighted by molar-refractivity contribution is -0.371. The molecule has 0 fully saturated rings. The van der Waals surface area contributed by atoms with E-state index in [2.05, 4.69) is 0 Å². The highest BCUT2D eigenvalue weighted by molar-refractivity contribution is 4.80. The maximum atomic E-state index is 5.71. The summed E-state index contributed by atoms with van der Waals surface area (Å²) in [6.07, 6.45) is 12.3. The van der Waals surface area contributed by atoms with Crippen LogP contribution in [0.5, 0.6) is 0 Å². The third-order valence-corrected chi connectivity index (χ3v) is 2.34. The monoisotopic (exact) mass is 254 g/mol. The van der Waals surface area contributed by atoms with E-state index in [1.165, 1.54) is 0 Å². The van der Waals surface area contributed by atoms with Gasteiger partial charge in [0.1, 0.15) is 0 Å². The maximum Gasteiger partial charge on any atom is 0.283 e. The summed E-state index contributed by atoms with van der Waals surface area (Å²) >= 11 is 0. The predicted molar refractivity (Wildman–Crippen MR) is 75.3 cm³/mol. The topological polar surface area (TPSA) is 27.7 Å². The number of ether oxygens (including phenoxy) is 3. The predicted octanol–water partition coefficient (Wildman–Crippen LogP) is 3.83. The Bertz CT molecular complexity index is 226. The quantitative estimate of drug-likeness (QED) is 0.438. The summed E-state index contributed by atoms with van der Waals surface area (Å²) in [5.41, 5.74) is 0. The first-order chi connectivity index (χ1) is 8.74. The maximum absolute atomic E-state index is 5.71. The molecule has 0 aromatic rings. The fraction of sp³-hybridized carbons (Fsp3) is 0.600. The molecule has 0 aliphatic carbocycles. The van der Waals surface area contributed by atoms with Crippen LogP contribution < -0.4 is 0 Å². The van der Waals surface area contributed by atoms with Gasteiger partial charge in [0.15, 0.2) is 0 Å². The van der Waals surface area contributed by atoms with Crippen LogP contribution in [0.4, 0.5) is 0 Å². The van der Waals surface area contributed by atoms with Gasteiger partial charge in [-0.25, -0.2) is 0 Å². The van der Waals surface area contributed by atoms with Crippen LogP contribution in [0.15, 0.2) is 36.5 Å². The molecule has 0 aliphatic heterocycles. The van der Waals surface area contributed by atoms with Crippen LogP contribution in [0.25, 0.3) is 0 Å². The van der Waals surface area contributed by atoms with Crippen molar-refractivity contribution in [1.82, 2.24) is 0 Å². The molecule has 18 heavy (non-hydrogen) atoms. The second kappa shape index (κ2) is 11.2. The van der Waals surface area contributed by atoms with E-state index in [1.54, 1.807) is 0 Å². The Morgan fingerprint density at radius 1 is 0.722 bits per heavy atom. The lowest BCUT2D eigenvalue weighted by atomic mass is 10.4. The molecule has 0 unspecified atom stereocenters. The van der Waals surface area contributed by atoms with Crippen LogP contribution in [0.2, 0.25) is 0 Å². The summed E-state index contributed by atoms with van der Waals surface area (Å²) in [6.45, 7) is 9.30. The Labute approximate surface area is 111 Å². The standard InChI is InChI=1S/C15H26O3/c1-5-9-12-16-15(8-4,17-13-10-6-2)18-14-11-7-3/h5-7,9-11H,8,12-14H2,1-4H3. The van der Waals surface area contributed by atoms with Crippen molar-refractivity contribution in [1.29, 1.82) is 0 Å². The van der Waals surface area contributed by atoms with Crippen molar-refractivity contribution in [3.63, 3.8) is 0 Å². The molecule has 0 spiro atoms. The number of hydrogen-bond donors (Lipinski definition) is 0. The molecule has 0 saturated heterocycles. The van der Waals surface area contributed by atoms with Gasteiger partial charge in [-0.2, -0.15) is 0 Å². The molecule has 0 N–H and O–H groups in total. The van der Waals surface area contributed by atoms with E-state index in [0.717, 1.165) is 0 Å². The van der Waals surface area contributed by atoms with E-state index in [9.17, 15) is 0 Å². The number of hydrogen-bond acceptors (Lipinski definition) is 3. The Hall–Kier alpha value is -0.900. The zero-order valence-corrected chi connectivity index (χ0v) is 12.0. The summed E-state index contributed by atoms with van der Waals surface area (Å²) in [5.74, 6) is -0.960. The molecule has 3 heteroatoms. The molecule has 0 aromatic carbocycles. The largest absolute Gasteiger partial charge is 0.323 e. The highest BCUT2D eigenvalue weighted by Crippen LogP contribution is 2.20. The van der Waals surface area contributed by atoms with Crippen molar-refractivity contribution in [2.24, 2.45) is 0 Å². The van der Waals surface area contributed by atoms with Crippen LogP contribution in [0, 0.1) is 0 Å². The SMILES string of the molecule is CC=CCOC(CC)(OCC=CC)OCC=CC. The van der Waals surface area contributed by atoms with Crippen LogP contribution >= 0.6 is 0 Å². The normalized spacial score (nSPS) is 16.0. The van der Waals surface area contributed by atoms with Crippen molar-refractivity contribution < 1.29 is 14.2 Å². The molecule has 0 atom stereocenters. The van der Waals surface area contributed by atoms with Crippen LogP contribution in [-0.2, 0) is 14.2 Å². The summed E-state index contributed by atoms with van der Waals surface area (Å²) in [7, 11) is 0.